The topological polar surface area (TPSA) is 77.0 Å². The minimum Gasteiger partial charge on any atom is -0.490 e. The monoisotopic (exact) mass is 443 g/mol. The number of anilines is 3. The number of pyridine rings is 1. The second-order valence-corrected chi connectivity index (χ2v) is 8.25. The molecule has 1 aliphatic heterocycles. The summed E-state index contributed by atoms with van der Waals surface area (Å²) in [4.78, 5) is 9.89. The highest BCUT2D eigenvalue weighted by Gasteiger charge is 2.22. The number of piperidine rings is 1. The van der Waals surface area contributed by atoms with Gasteiger partial charge in [-0.25, -0.2) is 4.98 Å². The van der Waals surface area contributed by atoms with Crippen LogP contribution in [0.25, 0.3) is 10.9 Å². The van der Waals surface area contributed by atoms with Gasteiger partial charge < -0.3 is 19.9 Å². The van der Waals surface area contributed by atoms with Crippen LogP contribution in [0.2, 0.25) is 5.02 Å². The highest BCUT2D eigenvalue weighted by Crippen LogP contribution is 2.30. The van der Waals surface area contributed by atoms with Crippen LogP contribution in [0.3, 0.4) is 0 Å². The van der Waals surface area contributed by atoms with Gasteiger partial charge in [-0.15, -0.1) is 0 Å². The highest BCUT2D eigenvalue weighted by atomic mass is 35.5. The SMILES string of the molecule is N#Cc1cc(N2CCC(Oc3ccccc3)CC2)cc(Nc2cc(Cl)c3cc[nH]c3c2)n1. The van der Waals surface area contributed by atoms with Crippen LogP contribution in [0, 0.1) is 11.3 Å². The Bertz CT molecular complexity index is 1270. The van der Waals surface area contributed by atoms with E-state index in [9.17, 15) is 5.26 Å². The van der Waals surface area contributed by atoms with Gasteiger partial charge in [0.1, 0.15) is 29.4 Å². The van der Waals surface area contributed by atoms with Gasteiger partial charge in [0.2, 0.25) is 0 Å². The zero-order valence-electron chi connectivity index (χ0n) is 17.4. The molecule has 2 N–H and O–H groups in total. The van der Waals surface area contributed by atoms with Crippen LogP contribution in [0.1, 0.15) is 18.5 Å². The molecule has 0 saturated carbocycles. The molecular formula is C25H22ClN5O. The van der Waals surface area contributed by atoms with Crippen molar-refractivity contribution in [1.29, 1.82) is 5.26 Å². The number of benzene rings is 2. The maximum atomic E-state index is 9.51. The molecule has 2 aromatic carbocycles. The summed E-state index contributed by atoms with van der Waals surface area (Å²) in [5.74, 6) is 1.52. The van der Waals surface area contributed by atoms with E-state index in [0.717, 1.165) is 54.0 Å². The molecule has 7 heteroatoms. The summed E-state index contributed by atoms with van der Waals surface area (Å²) < 4.78 is 6.11. The number of halogens is 1. The Balaban J connectivity index is 1.31. The van der Waals surface area contributed by atoms with Crippen LogP contribution in [-0.4, -0.2) is 29.2 Å². The molecule has 160 valence electrons. The molecule has 0 bridgehead atoms. The third-order valence-electron chi connectivity index (χ3n) is 5.67. The van der Waals surface area contributed by atoms with Crippen molar-refractivity contribution in [3.8, 4) is 11.8 Å². The van der Waals surface area contributed by atoms with Crippen molar-refractivity contribution >= 4 is 39.7 Å². The number of para-hydroxylation sites is 1. The Morgan fingerprint density at radius 3 is 2.69 bits per heavy atom. The van der Waals surface area contributed by atoms with Crippen LogP contribution < -0.4 is 15.0 Å². The maximum Gasteiger partial charge on any atom is 0.144 e. The van der Waals surface area contributed by atoms with Gasteiger partial charge in [0.05, 0.1) is 5.02 Å². The smallest absolute Gasteiger partial charge is 0.144 e. The molecule has 5 rings (SSSR count). The van der Waals surface area contributed by atoms with Gasteiger partial charge in [0, 0.05) is 60.5 Å². The lowest BCUT2D eigenvalue weighted by molar-refractivity contribution is 0.171. The molecule has 6 nitrogen and oxygen atoms in total. The minimum absolute atomic E-state index is 0.193. The first kappa shape index (κ1) is 20.2. The lowest BCUT2D eigenvalue weighted by Gasteiger charge is -2.34. The number of aromatic amines is 1. The first-order valence-corrected chi connectivity index (χ1v) is 11.0. The number of hydrogen-bond donors (Lipinski definition) is 2. The zero-order chi connectivity index (χ0) is 21.9. The van der Waals surface area contributed by atoms with Crippen LogP contribution in [0.15, 0.2) is 66.9 Å². The van der Waals surface area contributed by atoms with Crippen LogP contribution in [-0.2, 0) is 0 Å². The van der Waals surface area contributed by atoms with E-state index in [1.54, 1.807) is 0 Å². The Hall–Kier alpha value is -3.69. The number of nitrogens with zero attached hydrogens (tertiary/aromatic N) is 3. The molecule has 0 amide bonds. The van der Waals surface area contributed by atoms with Gasteiger partial charge in [0.15, 0.2) is 0 Å². The van der Waals surface area contributed by atoms with Crippen molar-refractivity contribution in [2.45, 2.75) is 18.9 Å². The van der Waals surface area contributed by atoms with E-state index in [2.05, 4.69) is 26.3 Å². The normalized spacial score (nSPS) is 14.3. The van der Waals surface area contributed by atoms with Crippen molar-refractivity contribution in [3.05, 3.63) is 77.6 Å². The van der Waals surface area contributed by atoms with Crippen molar-refractivity contribution < 1.29 is 4.74 Å². The molecule has 0 unspecified atom stereocenters. The van der Waals surface area contributed by atoms with Gasteiger partial charge in [-0.3, -0.25) is 0 Å². The summed E-state index contributed by atoms with van der Waals surface area (Å²) in [5, 5.41) is 14.4. The van der Waals surface area contributed by atoms with E-state index in [1.165, 1.54) is 0 Å². The molecule has 4 aromatic rings. The van der Waals surface area contributed by atoms with Gasteiger partial charge in [-0.2, -0.15) is 5.26 Å². The second kappa shape index (κ2) is 8.81. The number of ether oxygens (including phenoxy) is 1. The third kappa shape index (κ3) is 4.34. The quantitative estimate of drug-likeness (QED) is 0.402. The molecule has 0 atom stereocenters. The average molecular weight is 444 g/mol. The van der Waals surface area contributed by atoms with E-state index >= 15 is 0 Å². The number of hydrogen-bond acceptors (Lipinski definition) is 5. The predicted molar refractivity (Wildman–Crippen MR) is 128 cm³/mol. The van der Waals surface area contributed by atoms with Crippen LogP contribution in [0.4, 0.5) is 17.2 Å². The van der Waals surface area contributed by atoms with E-state index in [0.29, 0.717) is 16.5 Å². The zero-order valence-corrected chi connectivity index (χ0v) is 18.1. The van der Waals surface area contributed by atoms with E-state index in [1.807, 2.05) is 66.9 Å². The van der Waals surface area contributed by atoms with Crippen LogP contribution in [0.5, 0.6) is 5.75 Å². The molecular weight excluding hydrogens is 422 g/mol. The van der Waals surface area contributed by atoms with Gasteiger partial charge in [-0.1, -0.05) is 29.8 Å². The Morgan fingerprint density at radius 2 is 1.91 bits per heavy atom. The summed E-state index contributed by atoms with van der Waals surface area (Å²) in [6.45, 7) is 1.71. The number of rotatable bonds is 5. The lowest BCUT2D eigenvalue weighted by Crippen LogP contribution is -2.38. The van der Waals surface area contributed by atoms with Crippen molar-refractivity contribution in [1.82, 2.24) is 9.97 Å². The fraction of sp³-hybridized carbons (Fsp3) is 0.200. The van der Waals surface area contributed by atoms with Gasteiger partial charge >= 0.3 is 0 Å². The number of nitrogens with one attached hydrogen (secondary N) is 2. The predicted octanol–water partition coefficient (Wildman–Crippen LogP) is 5.88. The molecule has 1 fully saturated rings. The van der Waals surface area contributed by atoms with Gasteiger partial charge in [0.25, 0.3) is 0 Å². The van der Waals surface area contributed by atoms with Crippen molar-refractivity contribution in [2.75, 3.05) is 23.3 Å². The van der Waals surface area contributed by atoms with E-state index in [-0.39, 0.29) is 6.10 Å². The molecule has 32 heavy (non-hydrogen) atoms. The van der Waals surface area contributed by atoms with Crippen LogP contribution >= 0.6 is 11.6 Å². The van der Waals surface area contributed by atoms with Crippen molar-refractivity contribution in [2.24, 2.45) is 0 Å². The molecule has 0 aliphatic carbocycles. The molecule has 3 heterocycles. The highest BCUT2D eigenvalue weighted by molar-refractivity contribution is 6.35. The summed E-state index contributed by atoms with van der Waals surface area (Å²) >= 11 is 6.40. The Morgan fingerprint density at radius 1 is 1.09 bits per heavy atom. The number of nitriles is 1. The Kier molecular flexibility index (Phi) is 5.57. The molecule has 1 aliphatic rings. The summed E-state index contributed by atoms with van der Waals surface area (Å²) in [5.41, 5.74) is 3.11. The lowest BCUT2D eigenvalue weighted by atomic mass is 10.1. The third-order valence-corrected chi connectivity index (χ3v) is 5.98. The fourth-order valence-electron chi connectivity index (χ4n) is 4.08. The summed E-state index contributed by atoms with van der Waals surface area (Å²) in [7, 11) is 0. The summed E-state index contributed by atoms with van der Waals surface area (Å²) in [6, 6.07) is 21.7. The molecule has 2 aromatic heterocycles. The summed E-state index contributed by atoms with van der Waals surface area (Å²) in [6.07, 6.45) is 3.89. The molecule has 1 saturated heterocycles. The fourth-order valence-corrected chi connectivity index (χ4v) is 4.37. The van der Waals surface area contributed by atoms with Gasteiger partial charge in [-0.05, 0) is 36.4 Å². The average Bonchev–Trinajstić information content (AvgIpc) is 3.29. The number of aromatic nitrogens is 2. The second-order valence-electron chi connectivity index (χ2n) is 7.85. The maximum absolute atomic E-state index is 9.51. The van der Waals surface area contributed by atoms with Crippen molar-refractivity contribution in [3.63, 3.8) is 0 Å². The first-order valence-electron chi connectivity index (χ1n) is 10.6. The largest absolute Gasteiger partial charge is 0.490 e. The number of H-pyrrole nitrogens is 1. The standard InChI is InChI=1S/C25H22ClN5O/c26-23-13-17(14-24-22(23)6-9-28-24)29-25-15-19(12-18(16-27)30-25)31-10-7-21(8-11-31)32-20-4-2-1-3-5-20/h1-6,9,12-15,21,28H,7-8,10-11H2,(H,29,30). The van der Waals surface area contributed by atoms with E-state index < -0.39 is 0 Å². The van der Waals surface area contributed by atoms with E-state index in [4.69, 9.17) is 16.3 Å². The molecule has 0 spiro atoms. The minimum atomic E-state index is 0.193. The number of fused-ring (bicyclic) bond motifs is 1. The molecule has 0 radical (unpaired) electrons. The Labute approximate surface area is 191 Å². The first-order chi connectivity index (χ1) is 15.7.